The first kappa shape index (κ1) is 25.7. The van der Waals surface area contributed by atoms with Crippen molar-refractivity contribution in [2.75, 3.05) is 6.61 Å². The van der Waals surface area contributed by atoms with Crippen molar-refractivity contribution in [2.24, 2.45) is 0 Å². The standard InChI is InChI=1S/C21H18F3NO3S2.C2H6/c1-12-9-16(7-8-17(12)28-10-19(26)27)29-11-18-13(2)25-20(30-18)14-3-5-15(6-4-14)21(22,23)24;1-2/h3-9H,10-11H2,1-2H3,(H,26,27);1-2H3. The Balaban J connectivity index is 0.00000176. The highest BCUT2D eigenvalue weighted by molar-refractivity contribution is 7.98. The summed E-state index contributed by atoms with van der Waals surface area (Å²) in [6.45, 7) is 7.34. The van der Waals surface area contributed by atoms with Crippen molar-refractivity contribution in [3.8, 4) is 16.3 Å². The number of ether oxygens (including phenoxy) is 1. The predicted octanol–water partition coefficient (Wildman–Crippen LogP) is 7.23. The number of benzene rings is 2. The summed E-state index contributed by atoms with van der Waals surface area (Å²) in [7, 11) is 0. The van der Waals surface area contributed by atoms with E-state index in [1.165, 1.54) is 23.5 Å². The third kappa shape index (κ3) is 7.00. The maximum absolute atomic E-state index is 12.7. The SMILES string of the molecule is CC.Cc1cc(SCc2sc(-c3ccc(C(F)(F)F)cc3)nc2C)ccc1OCC(=O)O. The van der Waals surface area contributed by atoms with Gasteiger partial charge in [-0.15, -0.1) is 23.1 Å². The molecule has 1 aromatic heterocycles. The summed E-state index contributed by atoms with van der Waals surface area (Å²) in [4.78, 5) is 17.2. The fourth-order valence-electron chi connectivity index (χ4n) is 2.65. The molecular weight excluding hydrogens is 459 g/mol. The molecule has 0 fully saturated rings. The molecule has 0 atom stereocenters. The summed E-state index contributed by atoms with van der Waals surface area (Å²) in [6, 6.07) is 10.5. The molecule has 0 amide bonds. The van der Waals surface area contributed by atoms with Crippen LogP contribution in [0.3, 0.4) is 0 Å². The number of alkyl halides is 3. The van der Waals surface area contributed by atoms with Gasteiger partial charge in [0.25, 0.3) is 0 Å². The van der Waals surface area contributed by atoms with Crippen LogP contribution in [0.5, 0.6) is 5.75 Å². The van der Waals surface area contributed by atoms with Gasteiger partial charge < -0.3 is 9.84 Å². The van der Waals surface area contributed by atoms with Crippen molar-refractivity contribution in [1.82, 2.24) is 4.98 Å². The minimum absolute atomic E-state index is 0.389. The number of thioether (sulfide) groups is 1. The molecular formula is C23H24F3NO3S2. The first-order chi connectivity index (χ1) is 15.1. The van der Waals surface area contributed by atoms with Gasteiger partial charge in [0, 0.05) is 21.1 Å². The molecule has 1 N–H and O–H groups in total. The minimum atomic E-state index is -4.36. The van der Waals surface area contributed by atoms with Gasteiger partial charge in [-0.2, -0.15) is 13.2 Å². The predicted molar refractivity (Wildman–Crippen MR) is 123 cm³/mol. The van der Waals surface area contributed by atoms with E-state index in [1.807, 2.05) is 39.8 Å². The molecule has 1 heterocycles. The van der Waals surface area contributed by atoms with E-state index in [1.54, 1.807) is 17.8 Å². The molecule has 0 aliphatic carbocycles. The Kier molecular flexibility index (Phi) is 9.15. The Morgan fingerprint density at radius 2 is 1.78 bits per heavy atom. The van der Waals surface area contributed by atoms with Gasteiger partial charge in [-0.1, -0.05) is 26.0 Å². The van der Waals surface area contributed by atoms with Gasteiger partial charge in [-0.05, 0) is 49.7 Å². The van der Waals surface area contributed by atoms with E-state index in [0.717, 1.165) is 33.2 Å². The third-order valence-corrected chi connectivity index (χ3v) is 6.63. The van der Waals surface area contributed by atoms with Crippen LogP contribution < -0.4 is 4.74 Å². The van der Waals surface area contributed by atoms with Crippen LogP contribution >= 0.6 is 23.1 Å². The maximum Gasteiger partial charge on any atom is 0.416 e. The number of hydrogen-bond acceptors (Lipinski definition) is 5. The number of hydrogen-bond donors (Lipinski definition) is 1. The quantitative estimate of drug-likeness (QED) is 0.359. The molecule has 32 heavy (non-hydrogen) atoms. The number of carboxylic acids is 1. The van der Waals surface area contributed by atoms with Crippen LogP contribution in [0, 0.1) is 13.8 Å². The first-order valence-corrected chi connectivity index (χ1v) is 11.7. The van der Waals surface area contributed by atoms with Crippen LogP contribution in [0.4, 0.5) is 13.2 Å². The highest BCUT2D eigenvalue weighted by Crippen LogP contribution is 2.35. The van der Waals surface area contributed by atoms with E-state index < -0.39 is 17.7 Å². The minimum Gasteiger partial charge on any atom is -0.482 e. The number of aromatic nitrogens is 1. The number of halogens is 3. The van der Waals surface area contributed by atoms with Gasteiger partial charge in [0.15, 0.2) is 6.61 Å². The van der Waals surface area contributed by atoms with E-state index in [2.05, 4.69) is 4.98 Å². The van der Waals surface area contributed by atoms with Crippen LogP contribution in [0.25, 0.3) is 10.6 Å². The normalized spacial score (nSPS) is 11.0. The fraction of sp³-hybridized carbons (Fsp3) is 0.304. The highest BCUT2D eigenvalue weighted by atomic mass is 32.2. The molecule has 9 heteroatoms. The Morgan fingerprint density at radius 1 is 1.12 bits per heavy atom. The molecule has 0 saturated heterocycles. The van der Waals surface area contributed by atoms with E-state index in [-0.39, 0.29) is 6.61 Å². The lowest BCUT2D eigenvalue weighted by molar-refractivity contribution is -0.139. The van der Waals surface area contributed by atoms with Gasteiger partial charge in [0.05, 0.1) is 11.3 Å². The Hall–Kier alpha value is -2.52. The van der Waals surface area contributed by atoms with Crippen LogP contribution in [-0.4, -0.2) is 22.7 Å². The molecule has 0 radical (unpaired) electrons. The average Bonchev–Trinajstić information content (AvgIpc) is 3.13. The molecule has 3 rings (SSSR count). The van der Waals surface area contributed by atoms with Gasteiger partial charge in [0.2, 0.25) is 0 Å². The van der Waals surface area contributed by atoms with Crippen molar-refractivity contribution in [3.63, 3.8) is 0 Å². The lowest BCUT2D eigenvalue weighted by Crippen LogP contribution is -2.09. The smallest absolute Gasteiger partial charge is 0.416 e. The molecule has 0 spiro atoms. The number of nitrogens with zero attached hydrogens (tertiary/aromatic N) is 1. The fourth-order valence-corrected chi connectivity index (χ4v) is 4.86. The zero-order valence-electron chi connectivity index (χ0n) is 18.1. The van der Waals surface area contributed by atoms with Crippen molar-refractivity contribution in [3.05, 3.63) is 64.2 Å². The maximum atomic E-state index is 12.7. The summed E-state index contributed by atoms with van der Waals surface area (Å²) in [6.07, 6.45) is -4.36. The zero-order valence-corrected chi connectivity index (χ0v) is 19.7. The largest absolute Gasteiger partial charge is 0.482 e. The van der Waals surface area contributed by atoms with Crippen LogP contribution in [-0.2, 0) is 16.7 Å². The van der Waals surface area contributed by atoms with Gasteiger partial charge in [-0.25, -0.2) is 9.78 Å². The van der Waals surface area contributed by atoms with Crippen molar-refractivity contribution in [1.29, 1.82) is 0 Å². The molecule has 0 aliphatic heterocycles. The first-order valence-electron chi connectivity index (χ1n) is 9.85. The second-order valence-electron chi connectivity index (χ2n) is 6.50. The topological polar surface area (TPSA) is 59.4 Å². The summed E-state index contributed by atoms with van der Waals surface area (Å²) >= 11 is 3.06. The van der Waals surface area contributed by atoms with Gasteiger partial charge in [0.1, 0.15) is 10.8 Å². The number of carboxylic acid groups (broad SMARTS) is 1. The summed E-state index contributed by atoms with van der Waals surface area (Å²) in [5.41, 5.74) is 1.66. The highest BCUT2D eigenvalue weighted by Gasteiger charge is 2.30. The number of aliphatic carboxylic acids is 1. The lowest BCUT2D eigenvalue weighted by atomic mass is 10.1. The van der Waals surface area contributed by atoms with Gasteiger partial charge >= 0.3 is 12.1 Å². The van der Waals surface area contributed by atoms with Crippen molar-refractivity contribution >= 4 is 29.1 Å². The van der Waals surface area contributed by atoms with E-state index in [9.17, 15) is 18.0 Å². The Morgan fingerprint density at radius 3 is 2.34 bits per heavy atom. The van der Waals surface area contributed by atoms with Crippen molar-refractivity contribution in [2.45, 2.75) is 44.5 Å². The number of rotatable bonds is 7. The number of aryl methyl sites for hydroxylation is 2. The third-order valence-electron chi connectivity index (χ3n) is 4.22. The lowest BCUT2D eigenvalue weighted by Gasteiger charge is -2.08. The van der Waals surface area contributed by atoms with E-state index in [0.29, 0.717) is 22.1 Å². The summed E-state index contributed by atoms with van der Waals surface area (Å²) < 4.78 is 43.4. The monoisotopic (exact) mass is 483 g/mol. The summed E-state index contributed by atoms with van der Waals surface area (Å²) in [5, 5.41) is 9.39. The van der Waals surface area contributed by atoms with Gasteiger partial charge in [-0.3, -0.25) is 0 Å². The second kappa shape index (κ2) is 11.4. The Bertz CT molecular complexity index is 1050. The van der Waals surface area contributed by atoms with Crippen molar-refractivity contribution < 1.29 is 27.8 Å². The molecule has 0 bridgehead atoms. The van der Waals surface area contributed by atoms with Crippen LogP contribution in [0.15, 0.2) is 47.4 Å². The molecule has 0 saturated carbocycles. The van der Waals surface area contributed by atoms with Crippen LogP contribution in [0.2, 0.25) is 0 Å². The number of thiazole rings is 1. The second-order valence-corrected chi connectivity index (χ2v) is 8.63. The molecule has 2 aromatic carbocycles. The number of carbonyl (C=O) groups is 1. The average molecular weight is 484 g/mol. The molecule has 0 aliphatic rings. The summed E-state index contributed by atoms with van der Waals surface area (Å²) in [5.74, 6) is 0.163. The van der Waals surface area contributed by atoms with Crippen LogP contribution in [0.1, 0.15) is 35.5 Å². The molecule has 4 nitrogen and oxygen atoms in total. The zero-order chi connectivity index (χ0) is 23.9. The van der Waals surface area contributed by atoms with E-state index in [4.69, 9.17) is 9.84 Å². The molecule has 172 valence electrons. The molecule has 0 unspecified atom stereocenters. The van der Waals surface area contributed by atoms with E-state index >= 15 is 0 Å². The molecule has 3 aromatic rings. The Labute approximate surface area is 193 Å².